The zero-order chi connectivity index (χ0) is 22.8. The monoisotopic (exact) mass is 460 g/mol. The van der Waals surface area contributed by atoms with Crippen LogP contribution in [0.15, 0.2) is 82.7 Å². The summed E-state index contributed by atoms with van der Waals surface area (Å²) in [6, 6.07) is 20.7. The molecule has 1 amide bonds. The topological polar surface area (TPSA) is 108 Å². The first-order valence-corrected chi connectivity index (χ1v) is 11.0. The fourth-order valence-electron chi connectivity index (χ4n) is 3.40. The Bertz CT molecular complexity index is 1490. The molecule has 0 radical (unpaired) electrons. The first kappa shape index (κ1) is 20.7. The maximum atomic E-state index is 13.4. The van der Waals surface area contributed by atoms with Crippen molar-refractivity contribution in [3.05, 3.63) is 89.1 Å². The number of imidazole rings is 1. The standard InChI is InChI=1S/C23H17FN6O2S/c24-15-8-6-14(7-9-15)21-28-29-23(30(21)17-4-2-1-3-5-17)33-13-20(31)25-16-10-11-18-19(12-16)27-22(32)26-18/h1-12H,13H2,(H,25,31)(H2,26,27,32). The molecule has 0 bridgehead atoms. The summed E-state index contributed by atoms with van der Waals surface area (Å²) in [7, 11) is 0. The van der Waals surface area contributed by atoms with E-state index in [2.05, 4.69) is 25.5 Å². The number of fused-ring (bicyclic) bond motifs is 1. The molecular weight excluding hydrogens is 443 g/mol. The first-order valence-electron chi connectivity index (χ1n) is 9.98. The van der Waals surface area contributed by atoms with E-state index in [-0.39, 0.29) is 23.2 Å². The Morgan fingerprint density at radius 3 is 2.52 bits per heavy atom. The Balaban J connectivity index is 1.37. The lowest BCUT2D eigenvalue weighted by molar-refractivity contribution is -0.113. The van der Waals surface area contributed by atoms with Crippen LogP contribution in [0.4, 0.5) is 10.1 Å². The number of para-hydroxylation sites is 1. The Morgan fingerprint density at radius 2 is 1.73 bits per heavy atom. The molecule has 33 heavy (non-hydrogen) atoms. The van der Waals surface area contributed by atoms with Crippen LogP contribution in [0, 0.1) is 5.82 Å². The molecule has 0 aliphatic carbocycles. The molecule has 8 nitrogen and oxygen atoms in total. The molecule has 2 aromatic heterocycles. The van der Waals surface area contributed by atoms with Crippen molar-refractivity contribution in [2.75, 3.05) is 11.1 Å². The van der Waals surface area contributed by atoms with E-state index >= 15 is 0 Å². The molecule has 10 heteroatoms. The number of aromatic nitrogens is 5. The van der Waals surface area contributed by atoms with Crippen molar-refractivity contribution in [3.63, 3.8) is 0 Å². The molecule has 2 heterocycles. The number of hydrogen-bond acceptors (Lipinski definition) is 5. The van der Waals surface area contributed by atoms with Gasteiger partial charge in [-0.1, -0.05) is 30.0 Å². The lowest BCUT2D eigenvalue weighted by atomic mass is 10.2. The summed E-state index contributed by atoms with van der Waals surface area (Å²) >= 11 is 1.23. The van der Waals surface area contributed by atoms with Crippen molar-refractivity contribution < 1.29 is 9.18 Å². The number of thioether (sulfide) groups is 1. The van der Waals surface area contributed by atoms with E-state index in [4.69, 9.17) is 0 Å². The highest BCUT2D eigenvalue weighted by Crippen LogP contribution is 2.28. The molecule has 0 saturated heterocycles. The number of amides is 1. The van der Waals surface area contributed by atoms with E-state index in [9.17, 15) is 14.0 Å². The molecule has 5 rings (SSSR count). The minimum absolute atomic E-state index is 0.0933. The number of nitrogens with one attached hydrogen (secondary N) is 3. The number of rotatable bonds is 6. The molecule has 0 atom stereocenters. The number of halogens is 1. The van der Waals surface area contributed by atoms with E-state index in [1.54, 1.807) is 30.3 Å². The van der Waals surface area contributed by atoms with Crippen molar-refractivity contribution in [2.24, 2.45) is 0 Å². The van der Waals surface area contributed by atoms with E-state index < -0.39 is 0 Å². The first-order chi connectivity index (χ1) is 16.1. The molecular formula is C23H17FN6O2S. The Labute approximate surface area is 190 Å². The van der Waals surface area contributed by atoms with Gasteiger partial charge < -0.3 is 15.3 Å². The fraction of sp³-hybridized carbons (Fsp3) is 0.0435. The minimum Gasteiger partial charge on any atom is -0.325 e. The molecule has 0 fully saturated rings. The maximum Gasteiger partial charge on any atom is 0.323 e. The van der Waals surface area contributed by atoms with E-state index in [1.807, 2.05) is 34.9 Å². The molecule has 3 aromatic carbocycles. The van der Waals surface area contributed by atoms with Gasteiger partial charge in [0.05, 0.1) is 16.8 Å². The average molecular weight is 460 g/mol. The summed E-state index contributed by atoms with van der Waals surface area (Å²) in [5.74, 6) is 0.0719. The number of carbonyl (C=O) groups is 1. The van der Waals surface area contributed by atoms with Gasteiger partial charge >= 0.3 is 5.69 Å². The van der Waals surface area contributed by atoms with Crippen LogP contribution in [0.3, 0.4) is 0 Å². The molecule has 0 spiro atoms. The molecule has 3 N–H and O–H groups in total. The van der Waals surface area contributed by atoms with Crippen LogP contribution in [-0.4, -0.2) is 36.4 Å². The van der Waals surface area contributed by atoms with Gasteiger partial charge in [0.25, 0.3) is 0 Å². The van der Waals surface area contributed by atoms with E-state index in [1.165, 1.54) is 23.9 Å². The number of anilines is 1. The van der Waals surface area contributed by atoms with Crippen LogP contribution in [0.25, 0.3) is 28.1 Å². The maximum absolute atomic E-state index is 13.4. The smallest absolute Gasteiger partial charge is 0.323 e. The van der Waals surface area contributed by atoms with Crippen molar-refractivity contribution in [1.82, 2.24) is 24.7 Å². The zero-order valence-corrected chi connectivity index (χ0v) is 17.9. The van der Waals surface area contributed by atoms with Gasteiger partial charge in [-0.15, -0.1) is 10.2 Å². The quantitative estimate of drug-likeness (QED) is 0.332. The second-order valence-electron chi connectivity index (χ2n) is 7.16. The number of nitrogens with zero attached hydrogens (tertiary/aromatic N) is 3. The highest BCUT2D eigenvalue weighted by Gasteiger charge is 2.17. The summed E-state index contributed by atoms with van der Waals surface area (Å²) in [6.45, 7) is 0. The van der Waals surface area contributed by atoms with Gasteiger partial charge in [0.2, 0.25) is 5.91 Å². The normalized spacial score (nSPS) is 11.1. The van der Waals surface area contributed by atoms with E-state index in [0.29, 0.717) is 33.3 Å². The van der Waals surface area contributed by atoms with Crippen LogP contribution < -0.4 is 11.0 Å². The number of carbonyl (C=O) groups excluding carboxylic acids is 1. The molecule has 5 aromatic rings. The van der Waals surface area contributed by atoms with Crippen molar-refractivity contribution in [2.45, 2.75) is 5.16 Å². The summed E-state index contributed by atoms with van der Waals surface area (Å²) in [5.41, 5.74) is 3.07. The summed E-state index contributed by atoms with van der Waals surface area (Å²) < 4.78 is 15.2. The predicted octanol–water partition coefficient (Wildman–Crippen LogP) is 3.97. The van der Waals surface area contributed by atoms with Crippen LogP contribution in [0.2, 0.25) is 0 Å². The van der Waals surface area contributed by atoms with Gasteiger partial charge in [-0.3, -0.25) is 9.36 Å². The summed E-state index contributed by atoms with van der Waals surface area (Å²) in [5, 5.41) is 11.9. The highest BCUT2D eigenvalue weighted by molar-refractivity contribution is 7.99. The number of benzene rings is 3. The van der Waals surface area contributed by atoms with Gasteiger partial charge in [-0.05, 0) is 54.6 Å². The van der Waals surface area contributed by atoms with Crippen molar-refractivity contribution in [1.29, 1.82) is 0 Å². The largest absolute Gasteiger partial charge is 0.325 e. The van der Waals surface area contributed by atoms with Gasteiger partial charge in [-0.2, -0.15) is 0 Å². The number of hydrogen-bond donors (Lipinski definition) is 3. The summed E-state index contributed by atoms with van der Waals surface area (Å²) in [6.07, 6.45) is 0. The third-order valence-electron chi connectivity index (χ3n) is 4.88. The average Bonchev–Trinajstić information content (AvgIpc) is 3.41. The van der Waals surface area contributed by atoms with Gasteiger partial charge in [-0.25, -0.2) is 9.18 Å². The predicted molar refractivity (Wildman–Crippen MR) is 125 cm³/mol. The van der Waals surface area contributed by atoms with Crippen LogP contribution >= 0.6 is 11.8 Å². The van der Waals surface area contributed by atoms with Crippen molar-refractivity contribution in [3.8, 4) is 17.1 Å². The van der Waals surface area contributed by atoms with Crippen LogP contribution in [-0.2, 0) is 4.79 Å². The molecule has 164 valence electrons. The lowest BCUT2D eigenvalue weighted by Gasteiger charge is -2.10. The van der Waals surface area contributed by atoms with Crippen LogP contribution in [0.1, 0.15) is 0 Å². The van der Waals surface area contributed by atoms with Crippen LogP contribution in [0.5, 0.6) is 0 Å². The van der Waals surface area contributed by atoms with E-state index in [0.717, 1.165) is 5.69 Å². The molecule has 0 aliphatic heterocycles. The Hall–Kier alpha value is -4.18. The third kappa shape index (κ3) is 4.41. The molecule has 0 unspecified atom stereocenters. The number of aromatic amines is 2. The van der Waals surface area contributed by atoms with Crippen molar-refractivity contribution >= 4 is 34.4 Å². The van der Waals surface area contributed by atoms with Gasteiger partial charge in [0, 0.05) is 16.9 Å². The molecule has 0 saturated carbocycles. The van der Waals surface area contributed by atoms with Gasteiger partial charge in [0.15, 0.2) is 11.0 Å². The number of H-pyrrole nitrogens is 2. The SMILES string of the molecule is O=C(CSc1nnc(-c2ccc(F)cc2)n1-c1ccccc1)Nc1ccc2[nH]c(=O)[nH]c2c1. The fourth-order valence-corrected chi connectivity index (χ4v) is 4.15. The second kappa shape index (κ2) is 8.75. The summed E-state index contributed by atoms with van der Waals surface area (Å²) in [4.78, 5) is 29.3. The Kier molecular flexibility index (Phi) is 5.49. The molecule has 0 aliphatic rings. The third-order valence-corrected chi connectivity index (χ3v) is 5.81. The Morgan fingerprint density at radius 1 is 0.970 bits per heavy atom. The zero-order valence-electron chi connectivity index (χ0n) is 17.1. The highest BCUT2D eigenvalue weighted by atomic mass is 32.2. The lowest BCUT2D eigenvalue weighted by Crippen LogP contribution is -2.14. The minimum atomic E-state index is -0.335. The van der Waals surface area contributed by atoms with Gasteiger partial charge in [0.1, 0.15) is 5.82 Å². The second-order valence-corrected chi connectivity index (χ2v) is 8.10.